The van der Waals surface area contributed by atoms with Gasteiger partial charge in [-0.1, -0.05) is 18.2 Å². The number of aromatic nitrogens is 1. The molecule has 26 heavy (non-hydrogen) atoms. The van der Waals surface area contributed by atoms with Crippen LogP contribution in [0.5, 0.6) is 5.75 Å². The van der Waals surface area contributed by atoms with Gasteiger partial charge in [0.05, 0.1) is 11.2 Å². The Morgan fingerprint density at radius 2 is 1.88 bits per heavy atom. The molecule has 2 aromatic carbocycles. The minimum Gasteiger partial charge on any atom is -0.491 e. The Labute approximate surface area is 152 Å². The normalized spacial score (nSPS) is 12.2. The van der Waals surface area contributed by atoms with E-state index in [2.05, 4.69) is 43.1 Å². The van der Waals surface area contributed by atoms with Gasteiger partial charge in [0.25, 0.3) is 0 Å². The lowest BCUT2D eigenvalue weighted by Crippen LogP contribution is -2.19. The third-order valence-corrected chi connectivity index (χ3v) is 4.36. The van der Waals surface area contributed by atoms with Crippen molar-refractivity contribution in [1.82, 2.24) is 4.98 Å². The van der Waals surface area contributed by atoms with Crippen molar-refractivity contribution < 1.29 is 14.2 Å². The van der Waals surface area contributed by atoms with Gasteiger partial charge in [-0.3, -0.25) is 0 Å². The summed E-state index contributed by atoms with van der Waals surface area (Å²) in [5, 5.41) is 10.2. The van der Waals surface area contributed by atoms with Crippen molar-refractivity contribution in [2.45, 2.75) is 13.0 Å². The summed E-state index contributed by atoms with van der Waals surface area (Å²) in [5.74, 6) is 0.589. The second-order valence-electron chi connectivity index (χ2n) is 6.23. The van der Waals surface area contributed by atoms with Crippen LogP contribution >= 0.6 is 0 Å². The number of ether oxygens (including phenoxy) is 1. The summed E-state index contributed by atoms with van der Waals surface area (Å²) in [4.78, 5) is 6.89. The van der Waals surface area contributed by atoms with E-state index in [4.69, 9.17) is 9.72 Å². The van der Waals surface area contributed by atoms with E-state index < -0.39 is 12.8 Å². The molecule has 0 spiro atoms. The van der Waals surface area contributed by atoms with E-state index in [0.717, 1.165) is 28.7 Å². The number of fused-ring (bicyclic) bond motifs is 1. The molecule has 0 saturated heterocycles. The number of nitrogens with zero attached hydrogens (tertiary/aromatic N) is 2. The van der Waals surface area contributed by atoms with Gasteiger partial charge in [-0.15, -0.1) is 0 Å². The van der Waals surface area contributed by atoms with Crippen LogP contribution in [0.2, 0.25) is 0 Å². The van der Waals surface area contributed by atoms with E-state index in [1.54, 1.807) is 6.07 Å². The Balaban J connectivity index is 1.81. The van der Waals surface area contributed by atoms with Crippen LogP contribution in [0.15, 0.2) is 54.6 Å². The maximum absolute atomic E-state index is 12.3. The molecule has 5 heteroatoms. The first-order chi connectivity index (χ1) is 12.6. The van der Waals surface area contributed by atoms with Gasteiger partial charge in [-0.2, -0.15) is 0 Å². The molecule has 0 amide bonds. The molecule has 0 aliphatic rings. The quantitative estimate of drug-likeness (QED) is 0.695. The van der Waals surface area contributed by atoms with E-state index in [9.17, 15) is 9.50 Å². The molecule has 1 N–H and O–H groups in total. The third kappa shape index (κ3) is 4.11. The Morgan fingerprint density at radius 3 is 2.58 bits per heavy atom. The molecule has 4 nitrogen and oxygen atoms in total. The zero-order valence-electron chi connectivity index (χ0n) is 15.0. The highest BCUT2D eigenvalue weighted by Crippen LogP contribution is 2.25. The lowest BCUT2D eigenvalue weighted by molar-refractivity contribution is 0.0842. The van der Waals surface area contributed by atoms with Gasteiger partial charge in [0, 0.05) is 30.2 Å². The molecule has 3 aromatic rings. The van der Waals surface area contributed by atoms with Crippen molar-refractivity contribution in [3.8, 4) is 17.0 Å². The molecule has 1 aromatic heterocycles. The Kier molecular flexibility index (Phi) is 5.68. The highest BCUT2D eigenvalue weighted by Gasteiger charge is 2.07. The molecular formula is C21H23FN2O2. The molecule has 0 bridgehead atoms. The van der Waals surface area contributed by atoms with E-state index in [-0.39, 0.29) is 6.61 Å². The maximum Gasteiger partial charge on any atom is 0.120 e. The molecule has 0 aliphatic carbocycles. The molecule has 136 valence electrons. The molecule has 1 heterocycles. The van der Waals surface area contributed by atoms with Crippen molar-refractivity contribution in [1.29, 1.82) is 0 Å². The summed E-state index contributed by atoms with van der Waals surface area (Å²) < 4.78 is 17.7. The molecule has 1 unspecified atom stereocenters. The van der Waals surface area contributed by atoms with E-state index in [1.165, 1.54) is 5.69 Å². The van der Waals surface area contributed by atoms with Crippen molar-refractivity contribution in [2.24, 2.45) is 0 Å². The van der Waals surface area contributed by atoms with Gasteiger partial charge >= 0.3 is 0 Å². The number of pyridine rings is 1. The molecule has 0 fully saturated rings. The lowest BCUT2D eigenvalue weighted by atomic mass is 10.1. The number of aliphatic hydroxyl groups is 1. The Hall–Kier alpha value is -2.66. The summed E-state index contributed by atoms with van der Waals surface area (Å²) >= 11 is 0. The number of anilines is 1. The number of hydrogen-bond donors (Lipinski definition) is 1. The number of benzene rings is 2. The first kappa shape index (κ1) is 18.1. The maximum atomic E-state index is 12.3. The number of alkyl halides is 1. The standard InChI is InChI=1S/C21H23FN2O2/c1-3-24(2)17-7-4-15(5-8-17)20-10-6-16-12-19(9-11-21(16)23-20)26-14-18(25)13-22/h4-12,18,25H,3,13-14H2,1-2H3. The molecule has 3 rings (SSSR count). The van der Waals surface area contributed by atoms with Crippen LogP contribution in [0, 0.1) is 0 Å². The Bertz CT molecular complexity index is 868. The predicted octanol–water partition coefficient (Wildman–Crippen LogP) is 4.07. The molecule has 1 atom stereocenters. The number of halogens is 1. The third-order valence-electron chi connectivity index (χ3n) is 4.36. The summed E-state index contributed by atoms with van der Waals surface area (Å²) in [7, 11) is 2.06. The van der Waals surface area contributed by atoms with Crippen LogP contribution in [0.25, 0.3) is 22.2 Å². The molecule has 0 aliphatic heterocycles. The van der Waals surface area contributed by atoms with Crippen LogP contribution in [-0.2, 0) is 0 Å². The summed E-state index contributed by atoms with van der Waals surface area (Å²) in [6.07, 6.45) is -1.10. The molecular weight excluding hydrogens is 331 g/mol. The number of hydrogen-bond acceptors (Lipinski definition) is 4. The fourth-order valence-electron chi connectivity index (χ4n) is 2.66. The fourth-order valence-corrected chi connectivity index (χ4v) is 2.66. The average Bonchev–Trinajstić information content (AvgIpc) is 2.70. The van der Waals surface area contributed by atoms with Crippen LogP contribution in [0.4, 0.5) is 10.1 Å². The summed E-state index contributed by atoms with van der Waals surface area (Å²) in [6, 6.07) is 17.8. The van der Waals surface area contributed by atoms with Gasteiger partial charge in [0.15, 0.2) is 0 Å². The van der Waals surface area contributed by atoms with Crippen molar-refractivity contribution in [3.63, 3.8) is 0 Å². The SMILES string of the molecule is CCN(C)c1ccc(-c2ccc3cc(OCC(O)CF)ccc3n2)cc1. The van der Waals surface area contributed by atoms with Crippen LogP contribution < -0.4 is 9.64 Å². The second kappa shape index (κ2) is 8.15. The summed E-state index contributed by atoms with van der Waals surface area (Å²) in [5.41, 5.74) is 4.00. The highest BCUT2D eigenvalue weighted by molar-refractivity contribution is 5.83. The minimum absolute atomic E-state index is 0.0634. The zero-order valence-corrected chi connectivity index (χ0v) is 15.0. The second-order valence-corrected chi connectivity index (χ2v) is 6.23. The number of rotatable bonds is 7. The van der Waals surface area contributed by atoms with Crippen LogP contribution in [0.1, 0.15) is 6.92 Å². The predicted molar refractivity (Wildman–Crippen MR) is 104 cm³/mol. The summed E-state index contributed by atoms with van der Waals surface area (Å²) in [6.45, 7) is 2.20. The topological polar surface area (TPSA) is 45.6 Å². The molecule has 0 radical (unpaired) electrons. The zero-order chi connectivity index (χ0) is 18.5. The monoisotopic (exact) mass is 354 g/mol. The highest BCUT2D eigenvalue weighted by atomic mass is 19.1. The van der Waals surface area contributed by atoms with Gasteiger partial charge in [-0.25, -0.2) is 9.37 Å². The first-order valence-electron chi connectivity index (χ1n) is 8.70. The first-order valence-corrected chi connectivity index (χ1v) is 8.70. The van der Waals surface area contributed by atoms with Gasteiger partial charge in [0.1, 0.15) is 25.1 Å². The van der Waals surface area contributed by atoms with Gasteiger partial charge in [-0.05, 0) is 43.3 Å². The van der Waals surface area contributed by atoms with E-state index in [1.807, 2.05) is 24.3 Å². The minimum atomic E-state index is -1.10. The van der Waals surface area contributed by atoms with Crippen LogP contribution in [-0.4, -0.2) is 43.1 Å². The van der Waals surface area contributed by atoms with E-state index in [0.29, 0.717) is 5.75 Å². The fraction of sp³-hybridized carbons (Fsp3) is 0.286. The average molecular weight is 354 g/mol. The van der Waals surface area contributed by atoms with Crippen molar-refractivity contribution >= 4 is 16.6 Å². The van der Waals surface area contributed by atoms with Gasteiger partial charge in [0.2, 0.25) is 0 Å². The van der Waals surface area contributed by atoms with Gasteiger partial charge < -0.3 is 14.7 Å². The number of aliphatic hydroxyl groups excluding tert-OH is 1. The van der Waals surface area contributed by atoms with Crippen molar-refractivity contribution in [2.75, 3.05) is 31.8 Å². The smallest absolute Gasteiger partial charge is 0.120 e. The van der Waals surface area contributed by atoms with E-state index >= 15 is 0 Å². The van der Waals surface area contributed by atoms with Crippen LogP contribution in [0.3, 0.4) is 0 Å². The Morgan fingerprint density at radius 1 is 1.12 bits per heavy atom. The largest absolute Gasteiger partial charge is 0.491 e. The molecule has 0 saturated carbocycles. The van der Waals surface area contributed by atoms with Crippen molar-refractivity contribution in [3.05, 3.63) is 54.6 Å². The lowest BCUT2D eigenvalue weighted by Gasteiger charge is -2.16.